The molecule has 1 saturated carbocycles. The quantitative estimate of drug-likeness (QED) is 0.772. The van der Waals surface area contributed by atoms with Gasteiger partial charge in [-0.1, -0.05) is 12.1 Å². The van der Waals surface area contributed by atoms with E-state index in [9.17, 15) is 24.6 Å². The second-order valence-corrected chi connectivity index (χ2v) is 6.79. The monoisotopic (exact) mass is 357 g/mol. The highest BCUT2D eigenvalue weighted by atomic mass is 16.4. The van der Waals surface area contributed by atoms with Crippen molar-refractivity contribution >= 4 is 17.8 Å². The summed E-state index contributed by atoms with van der Waals surface area (Å²) >= 11 is 0. The van der Waals surface area contributed by atoms with Crippen molar-refractivity contribution in [1.29, 1.82) is 0 Å². The molecule has 0 radical (unpaired) electrons. The number of fused-ring (bicyclic) bond motifs is 1. The summed E-state index contributed by atoms with van der Waals surface area (Å²) in [4.78, 5) is 38.4. The van der Waals surface area contributed by atoms with Gasteiger partial charge >= 0.3 is 11.9 Å². The zero-order chi connectivity index (χ0) is 18.7. The lowest BCUT2D eigenvalue weighted by Crippen LogP contribution is -2.34. The maximum atomic E-state index is 12.7. The molecule has 10 nitrogen and oxygen atoms in total. The number of likely N-dealkylation sites (tertiary alicyclic amines) is 1. The summed E-state index contributed by atoms with van der Waals surface area (Å²) in [6.07, 6.45) is 0.0612. The molecule has 1 aliphatic heterocycles. The topological polar surface area (TPSA) is 139 Å². The molecule has 2 atom stereocenters. The molecule has 2 aliphatic rings. The molecule has 134 valence electrons. The van der Waals surface area contributed by atoms with Gasteiger partial charge in [0, 0.05) is 24.2 Å². The number of amides is 1. The van der Waals surface area contributed by atoms with Crippen molar-refractivity contribution in [1.82, 2.24) is 25.1 Å². The van der Waals surface area contributed by atoms with Gasteiger partial charge in [-0.25, -0.2) is 0 Å². The van der Waals surface area contributed by atoms with Gasteiger partial charge in [-0.05, 0) is 23.8 Å². The fraction of sp³-hybridized carbons (Fsp3) is 0.375. The van der Waals surface area contributed by atoms with E-state index in [1.807, 2.05) is 0 Å². The number of carboxylic acids is 2. The number of hydrogen-bond acceptors (Lipinski definition) is 6. The summed E-state index contributed by atoms with van der Waals surface area (Å²) in [6.45, 7) is -0.193. The first kappa shape index (κ1) is 16.2. The molecule has 4 rings (SSSR count). The van der Waals surface area contributed by atoms with E-state index in [1.165, 1.54) is 9.70 Å². The number of carbonyl (C=O) groups is 3. The van der Waals surface area contributed by atoms with E-state index in [2.05, 4.69) is 15.4 Å². The molecule has 26 heavy (non-hydrogen) atoms. The van der Waals surface area contributed by atoms with Gasteiger partial charge in [-0.3, -0.25) is 14.4 Å². The highest BCUT2D eigenvalue weighted by Gasteiger charge is 2.81. The third-order valence-electron chi connectivity index (χ3n) is 5.32. The summed E-state index contributed by atoms with van der Waals surface area (Å²) in [5.74, 6) is -2.31. The van der Waals surface area contributed by atoms with Gasteiger partial charge < -0.3 is 15.1 Å². The van der Waals surface area contributed by atoms with Gasteiger partial charge in [0.2, 0.25) is 5.82 Å². The van der Waals surface area contributed by atoms with Gasteiger partial charge in [0.1, 0.15) is 10.8 Å². The summed E-state index contributed by atoms with van der Waals surface area (Å²) in [5, 5.41) is 30.6. The van der Waals surface area contributed by atoms with Gasteiger partial charge in [-0.15, -0.1) is 10.2 Å². The minimum absolute atomic E-state index is 0.0612. The number of nitrogens with zero attached hydrogens (tertiary/aromatic N) is 5. The van der Waals surface area contributed by atoms with Crippen LogP contribution in [0.3, 0.4) is 0 Å². The van der Waals surface area contributed by atoms with Crippen LogP contribution >= 0.6 is 0 Å². The number of tetrazole rings is 1. The van der Waals surface area contributed by atoms with Crippen LogP contribution in [0.5, 0.6) is 0 Å². The third-order valence-corrected chi connectivity index (χ3v) is 5.32. The summed E-state index contributed by atoms with van der Waals surface area (Å²) in [5.41, 5.74) is -1.72. The molecule has 2 aromatic rings. The van der Waals surface area contributed by atoms with Crippen LogP contribution in [0.4, 0.5) is 0 Å². The highest BCUT2D eigenvalue weighted by Crippen LogP contribution is 2.68. The number of benzene rings is 1. The molecular weight excluding hydrogens is 342 g/mol. The maximum absolute atomic E-state index is 12.7. The van der Waals surface area contributed by atoms with Crippen LogP contribution in [-0.2, 0) is 16.6 Å². The molecule has 1 amide bonds. The Morgan fingerprint density at radius 2 is 1.62 bits per heavy atom. The number of carboxylic acid groups (broad SMARTS) is 2. The predicted molar refractivity (Wildman–Crippen MR) is 84.9 cm³/mol. The lowest BCUT2D eigenvalue weighted by molar-refractivity contribution is -0.151. The molecular formula is C16H15N5O5. The van der Waals surface area contributed by atoms with E-state index in [0.29, 0.717) is 17.0 Å². The average molecular weight is 357 g/mol. The first-order valence-corrected chi connectivity index (χ1v) is 7.90. The Hall–Kier alpha value is -3.30. The molecule has 1 aromatic heterocycles. The first-order chi connectivity index (χ1) is 12.3. The molecule has 2 N–H and O–H groups in total. The van der Waals surface area contributed by atoms with Crippen molar-refractivity contribution in [3.05, 3.63) is 29.8 Å². The molecule has 0 spiro atoms. The van der Waals surface area contributed by atoms with Crippen LogP contribution < -0.4 is 0 Å². The Labute approximate surface area is 147 Å². The normalized spacial score (nSPS) is 26.4. The number of rotatable bonds is 4. The average Bonchev–Trinajstić information content (AvgIpc) is 2.91. The van der Waals surface area contributed by atoms with E-state index >= 15 is 0 Å². The number of piperidine rings is 1. The lowest BCUT2D eigenvalue weighted by atomic mass is 9.97. The minimum atomic E-state index is -1.38. The van der Waals surface area contributed by atoms with Gasteiger partial charge in [0.05, 0.1) is 7.05 Å². The fourth-order valence-corrected chi connectivity index (χ4v) is 3.78. The Balaban J connectivity index is 1.56. The second-order valence-electron chi connectivity index (χ2n) is 6.79. The summed E-state index contributed by atoms with van der Waals surface area (Å²) in [7, 11) is 1.64. The zero-order valence-corrected chi connectivity index (χ0v) is 13.8. The number of hydrogen-bond donors (Lipinski definition) is 2. The van der Waals surface area contributed by atoms with Crippen LogP contribution in [0.15, 0.2) is 24.3 Å². The van der Waals surface area contributed by atoms with Crippen molar-refractivity contribution in [2.24, 2.45) is 17.9 Å². The Morgan fingerprint density at radius 1 is 1.04 bits per heavy atom. The van der Waals surface area contributed by atoms with Gasteiger partial charge in [-0.2, -0.15) is 4.80 Å². The van der Waals surface area contributed by atoms with E-state index in [-0.39, 0.29) is 19.5 Å². The van der Waals surface area contributed by atoms with Crippen molar-refractivity contribution in [2.75, 3.05) is 13.1 Å². The first-order valence-electron chi connectivity index (χ1n) is 7.90. The molecule has 1 saturated heterocycles. The zero-order valence-electron chi connectivity index (χ0n) is 13.8. The van der Waals surface area contributed by atoms with E-state index in [0.717, 1.165) is 0 Å². The number of aromatic nitrogens is 4. The van der Waals surface area contributed by atoms with Gasteiger partial charge in [0.25, 0.3) is 5.91 Å². The molecule has 2 heterocycles. The molecule has 1 aromatic carbocycles. The second kappa shape index (κ2) is 5.10. The molecule has 0 bridgehead atoms. The maximum Gasteiger partial charge on any atom is 0.312 e. The van der Waals surface area contributed by atoms with E-state index in [4.69, 9.17) is 0 Å². The Morgan fingerprint density at radius 3 is 2.08 bits per heavy atom. The minimum Gasteiger partial charge on any atom is -0.481 e. The van der Waals surface area contributed by atoms with Crippen LogP contribution in [0.2, 0.25) is 0 Å². The molecule has 1 aliphatic carbocycles. The van der Waals surface area contributed by atoms with Crippen LogP contribution in [0.25, 0.3) is 11.4 Å². The van der Waals surface area contributed by atoms with Crippen LogP contribution in [0.1, 0.15) is 16.8 Å². The Bertz CT molecular complexity index is 911. The lowest BCUT2D eigenvalue weighted by Gasteiger charge is -2.20. The van der Waals surface area contributed by atoms with Crippen molar-refractivity contribution in [3.8, 4) is 11.4 Å². The number of aryl methyl sites for hydroxylation is 1. The van der Waals surface area contributed by atoms with Crippen LogP contribution in [0, 0.1) is 10.8 Å². The fourth-order valence-electron chi connectivity index (χ4n) is 3.78. The highest BCUT2D eigenvalue weighted by molar-refractivity contribution is 6.00. The summed E-state index contributed by atoms with van der Waals surface area (Å²) < 4.78 is 0. The SMILES string of the molecule is Cn1nnc(-c2ccc(C(=O)N3C[C@@]4(C(=O)O)C[C@@]4(C(=O)O)C3)cc2)n1. The van der Waals surface area contributed by atoms with Crippen molar-refractivity contribution in [3.63, 3.8) is 0 Å². The smallest absolute Gasteiger partial charge is 0.312 e. The number of carbonyl (C=O) groups excluding carboxylic acids is 1. The van der Waals surface area contributed by atoms with Crippen LogP contribution in [-0.4, -0.2) is 66.3 Å². The predicted octanol–water partition coefficient (Wildman–Crippen LogP) is -0.121. The standard InChI is InChI=1S/C16H15N5O5/c1-20-18-11(17-19-20)9-2-4-10(5-3-9)12(22)21-7-15(13(23)24)6-16(15,8-21)14(25)26/h2-5H,6-8H2,1H3,(H,23,24)(H,25,26)/t15-,16+. The number of aliphatic carboxylic acids is 2. The third kappa shape index (κ3) is 2.04. The summed E-state index contributed by atoms with van der Waals surface area (Å²) in [6, 6.07) is 6.50. The van der Waals surface area contributed by atoms with E-state index < -0.39 is 28.7 Å². The molecule has 2 fully saturated rings. The Kier molecular flexibility index (Phi) is 3.17. The molecule has 0 unspecified atom stereocenters. The van der Waals surface area contributed by atoms with Gasteiger partial charge in [0.15, 0.2) is 0 Å². The largest absolute Gasteiger partial charge is 0.481 e. The molecule has 10 heteroatoms. The van der Waals surface area contributed by atoms with E-state index in [1.54, 1.807) is 31.3 Å². The van der Waals surface area contributed by atoms with Crippen molar-refractivity contribution in [2.45, 2.75) is 6.42 Å². The van der Waals surface area contributed by atoms with Crippen molar-refractivity contribution < 1.29 is 24.6 Å².